The van der Waals surface area contributed by atoms with Crippen LogP contribution in [0, 0.1) is 12.8 Å². The standard InChI is InChI=1S/C17H20Cl2N4O/c1-10(2)6-7-20-17(24)15-9-16(22-11(3)21-15)23-14-8-12(18)4-5-13(14)19/h4-5,8-10H,6-7H2,1-3H3,(H,20,24)(H,21,22,23). The molecule has 7 heteroatoms. The van der Waals surface area contributed by atoms with Crippen LogP contribution >= 0.6 is 23.2 Å². The van der Waals surface area contributed by atoms with Crippen LogP contribution in [0.5, 0.6) is 0 Å². The van der Waals surface area contributed by atoms with Crippen molar-refractivity contribution in [2.45, 2.75) is 27.2 Å². The Hall–Kier alpha value is -1.85. The lowest BCUT2D eigenvalue weighted by molar-refractivity contribution is 0.0946. The van der Waals surface area contributed by atoms with E-state index in [9.17, 15) is 4.79 Å². The van der Waals surface area contributed by atoms with Gasteiger partial charge in [0.25, 0.3) is 5.91 Å². The maximum Gasteiger partial charge on any atom is 0.270 e. The molecule has 0 aliphatic heterocycles. The second kappa shape index (κ2) is 8.31. The SMILES string of the molecule is Cc1nc(Nc2cc(Cl)ccc2Cl)cc(C(=O)NCCC(C)C)n1. The maximum absolute atomic E-state index is 12.2. The van der Waals surface area contributed by atoms with E-state index in [2.05, 4.69) is 34.4 Å². The predicted molar refractivity (Wildman–Crippen MR) is 98.3 cm³/mol. The second-order valence-electron chi connectivity index (χ2n) is 5.87. The van der Waals surface area contributed by atoms with E-state index in [-0.39, 0.29) is 5.91 Å². The summed E-state index contributed by atoms with van der Waals surface area (Å²) in [4.78, 5) is 20.7. The quantitative estimate of drug-likeness (QED) is 0.782. The molecule has 2 rings (SSSR count). The summed E-state index contributed by atoms with van der Waals surface area (Å²) in [5, 5.41) is 7.01. The number of nitrogens with one attached hydrogen (secondary N) is 2. The van der Waals surface area contributed by atoms with Crippen LogP contribution in [-0.4, -0.2) is 22.4 Å². The molecule has 0 saturated carbocycles. The van der Waals surface area contributed by atoms with Crippen molar-refractivity contribution >= 4 is 40.6 Å². The minimum atomic E-state index is -0.221. The Kier molecular flexibility index (Phi) is 6.40. The summed E-state index contributed by atoms with van der Waals surface area (Å²) >= 11 is 12.1. The average molecular weight is 367 g/mol. The largest absolute Gasteiger partial charge is 0.351 e. The van der Waals surface area contributed by atoms with E-state index < -0.39 is 0 Å². The molecule has 0 spiro atoms. The van der Waals surface area contributed by atoms with Crippen molar-refractivity contribution < 1.29 is 4.79 Å². The van der Waals surface area contributed by atoms with Gasteiger partial charge in [0, 0.05) is 17.6 Å². The van der Waals surface area contributed by atoms with Crippen LogP contribution in [0.1, 0.15) is 36.6 Å². The zero-order valence-corrected chi connectivity index (χ0v) is 15.4. The van der Waals surface area contributed by atoms with E-state index in [1.165, 1.54) is 0 Å². The lowest BCUT2D eigenvalue weighted by atomic mass is 10.1. The van der Waals surface area contributed by atoms with Gasteiger partial charge in [0.2, 0.25) is 0 Å². The summed E-state index contributed by atoms with van der Waals surface area (Å²) in [5.41, 5.74) is 0.931. The van der Waals surface area contributed by atoms with Crippen molar-refractivity contribution in [1.82, 2.24) is 15.3 Å². The van der Waals surface area contributed by atoms with Crippen LogP contribution in [0.15, 0.2) is 24.3 Å². The minimum absolute atomic E-state index is 0.221. The highest BCUT2D eigenvalue weighted by Crippen LogP contribution is 2.28. The number of anilines is 2. The summed E-state index contributed by atoms with van der Waals surface area (Å²) in [6.45, 7) is 6.56. The zero-order chi connectivity index (χ0) is 17.7. The van der Waals surface area contributed by atoms with Gasteiger partial charge in [-0.25, -0.2) is 9.97 Å². The van der Waals surface area contributed by atoms with Gasteiger partial charge in [-0.05, 0) is 37.5 Å². The lowest BCUT2D eigenvalue weighted by Gasteiger charge is -2.11. The number of aromatic nitrogens is 2. The van der Waals surface area contributed by atoms with Crippen LogP contribution in [0.4, 0.5) is 11.5 Å². The van der Waals surface area contributed by atoms with Crippen molar-refractivity contribution in [1.29, 1.82) is 0 Å². The average Bonchev–Trinajstić information content (AvgIpc) is 2.50. The first-order chi connectivity index (χ1) is 11.3. The van der Waals surface area contributed by atoms with Crippen molar-refractivity contribution in [3.8, 4) is 0 Å². The van der Waals surface area contributed by atoms with Gasteiger partial charge in [0.05, 0.1) is 10.7 Å². The van der Waals surface area contributed by atoms with Gasteiger partial charge in [0.1, 0.15) is 17.3 Å². The third-order valence-corrected chi connectivity index (χ3v) is 3.83. The molecular weight excluding hydrogens is 347 g/mol. The summed E-state index contributed by atoms with van der Waals surface area (Å²) in [7, 11) is 0. The van der Waals surface area contributed by atoms with Gasteiger partial charge >= 0.3 is 0 Å². The summed E-state index contributed by atoms with van der Waals surface area (Å²) < 4.78 is 0. The normalized spacial score (nSPS) is 10.8. The first-order valence-corrected chi connectivity index (χ1v) is 8.46. The van der Waals surface area contributed by atoms with Crippen molar-refractivity contribution in [2.75, 3.05) is 11.9 Å². The molecular formula is C17H20Cl2N4O. The second-order valence-corrected chi connectivity index (χ2v) is 6.72. The smallest absolute Gasteiger partial charge is 0.270 e. The Balaban J connectivity index is 2.16. The van der Waals surface area contributed by atoms with Gasteiger partial charge in [-0.15, -0.1) is 0 Å². The molecule has 0 saturated heterocycles. The molecule has 0 bridgehead atoms. The summed E-state index contributed by atoms with van der Waals surface area (Å²) in [6, 6.07) is 6.69. The minimum Gasteiger partial charge on any atom is -0.351 e. The van der Waals surface area contributed by atoms with Gasteiger partial charge in [0.15, 0.2) is 0 Å². The highest BCUT2D eigenvalue weighted by atomic mass is 35.5. The molecule has 24 heavy (non-hydrogen) atoms. The molecule has 0 aliphatic carbocycles. The Morgan fingerprint density at radius 2 is 1.96 bits per heavy atom. The Labute approximate surface area is 151 Å². The first-order valence-electron chi connectivity index (χ1n) is 7.71. The topological polar surface area (TPSA) is 66.9 Å². The first kappa shape index (κ1) is 18.5. The maximum atomic E-state index is 12.2. The third kappa shape index (κ3) is 5.35. The molecule has 2 N–H and O–H groups in total. The molecule has 5 nitrogen and oxygen atoms in total. The number of benzene rings is 1. The van der Waals surface area contributed by atoms with Gasteiger partial charge in [-0.1, -0.05) is 37.0 Å². The highest BCUT2D eigenvalue weighted by molar-refractivity contribution is 6.35. The molecule has 0 fully saturated rings. The van der Waals surface area contributed by atoms with Crippen LogP contribution in [0.25, 0.3) is 0 Å². The molecule has 1 aromatic carbocycles. The molecule has 0 unspecified atom stereocenters. The molecule has 0 radical (unpaired) electrons. The van der Waals surface area contributed by atoms with Crippen LogP contribution < -0.4 is 10.6 Å². The van der Waals surface area contributed by atoms with Gasteiger partial charge < -0.3 is 10.6 Å². The van der Waals surface area contributed by atoms with Crippen LogP contribution in [-0.2, 0) is 0 Å². The number of rotatable bonds is 6. The van der Waals surface area contributed by atoms with Crippen LogP contribution in [0.3, 0.4) is 0 Å². The van der Waals surface area contributed by atoms with Gasteiger partial charge in [-0.2, -0.15) is 0 Å². The summed E-state index contributed by atoms with van der Waals surface area (Å²) in [6.07, 6.45) is 0.916. The monoisotopic (exact) mass is 366 g/mol. The van der Waals surface area contributed by atoms with E-state index in [4.69, 9.17) is 23.2 Å². The molecule has 1 heterocycles. The molecule has 1 amide bonds. The number of amides is 1. The van der Waals surface area contributed by atoms with E-state index in [1.54, 1.807) is 31.2 Å². The number of halogens is 2. The van der Waals surface area contributed by atoms with Crippen LogP contribution in [0.2, 0.25) is 10.0 Å². The summed E-state index contributed by atoms with van der Waals surface area (Å²) in [5.74, 6) is 1.29. The molecule has 128 valence electrons. The van der Waals surface area contributed by atoms with Crippen molar-refractivity contribution in [2.24, 2.45) is 5.92 Å². The van der Waals surface area contributed by atoms with E-state index in [1.807, 2.05) is 0 Å². The number of hydrogen-bond acceptors (Lipinski definition) is 4. The number of nitrogens with zero attached hydrogens (tertiary/aromatic N) is 2. The molecule has 0 aliphatic rings. The van der Waals surface area contributed by atoms with Crippen molar-refractivity contribution in [3.63, 3.8) is 0 Å². The molecule has 1 aromatic heterocycles. The number of aryl methyl sites for hydroxylation is 1. The number of carbonyl (C=O) groups excluding carboxylic acids is 1. The number of hydrogen-bond donors (Lipinski definition) is 2. The number of carbonyl (C=O) groups is 1. The fourth-order valence-electron chi connectivity index (χ4n) is 2.04. The fourth-order valence-corrected chi connectivity index (χ4v) is 2.38. The van der Waals surface area contributed by atoms with Gasteiger partial charge in [-0.3, -0.25) is 4.79 Å². The molecule has 2 aromatic rings. The van der Waals surface area contributed by atoms with E-state index in [0.717, 1.165) is 6.42 Å². The molecule has 0 atom stereocenters. The Morgan fingerprint density at radius 1 is 1.21 bits per heavy atom. The highest BCUT2D eigenvalue weighted by Gasteiger charge is 2.11. The Morgan fingerprint density at radius 3 is 2.67 bits per heavy atom. The third-order valence-electron chi connectivity index (χ3n) is 3.27. The van der Waals surface area contributed by atoms with Crippen molar-refractivity contribution in [3.05, 3.63) is 45.8 Å². The lowest BCUT2D eigenvalue weighted by Crippen LogP contribution is -2.26. The van der Waals surface area contributed by atoms with E-state index in [0.29, 0.717) is 45.5 Å². The Bertz CT molecular complexity index is 735. The predicted octanol–water partition coefficient (Wildman–Crippen LogP) is 4.61. The van der Waals surface area contributed by atoms with E-state index >= 15 is 0 Å². The zero-order valence-electron chi connectivity index (χ0n) is 13.9. The fraction of sp³-hybridized carbons (Fsp3) is 0.353.